The van der Waals surface area contributed by atoms with Gasteiger partial charge in [0.15, 0.2) is 0 Å². The summed E-state index contributed by atoms with van der Waals surface area (Å²) in [5.41, 5.74) is 16.8. The molecule has 0 heterocycles. The van der Waals surface area contributed by atoms with Crippen LogP contribution in [0, 0.1) is 110 Å². The van der Waals surface area contributed by atoms with Gasteiger partial charge in [0.1, 0.15) is 54.0 Å². The van der Waals surface area contributed by atoms with Crippen molar-refractivity contribution in [3.05, 3.63) is 297 Å². The third-order valence-electron chi connectivity index (χ3n) is 17.7. The van der Waals surface area contributed by atoms with E-state index in [4.69, 9.17) is 26.8 Å². The molecule has 0 radical (unpaired) electrons. The zero-order valence-corrected chi connectivity index (χ0v) is 85.5. The third kappa shape index (κ3) is 53.3. The molecule has 0 aromatic heterocycles. The van der Waals surface area contributed by atoms with Crippen LogP contribution in [0.25, 0.3) is 0 Å². The molecule has 1 fully saturated rings. The van der Waals surface area contributed by atoms with Gasteiger partial charge in [-0.15, -0.1) is 11.6 Å². The van der Waals surface area contributed by atoms with Crippen LogP contribution in [0.3, 0.4) is 0 Å². The number of aryl methyl sites for hydroxylation is 10. The predicted octanol–water partition coefficient (Wildman–Crippen LogP) is 24.7. The summed E-state index contributed by atoms with van der Waals surface area (Å²) in [6.45, 7) is 30.1. The number of nitrogen functional groups attached to an aromatic ring is 1. The van der Waals surface area contributed by atoms with Crippen molar-refractivity contribution in [2.45, 2.75) is 173 Å². The molecule has 0 bridgehead atoms. The molecule has 0 atom stereocenters. The van der Waals surface area contributed by atoms with Crippen LogP contribution in [0.15, 0.2) is 200 Å². The molecule has 5 amide bonds. The maximum Gasteiger partial charge on any atom is 0.411 e. The third-order valence-corrected chi connectivity index (χ3v) is 24.4. The topological polar surface area (TPSA) is 402 Å². The molecule has 11 N–H and O–H groups in total. The first-order valence-corrected chi connectivity index (χ1v) is 50.7. The lowest BCUT2D eigenvalue weighted by atomic mass is 10.2. The van der Waals surface area contributed by atoms with Crippen molar-refractivity contribution in [3.8, 4) is 0 Å². The molecule has 0 spiro atoms. The minimum absolute atomic E-state index is 0.0180. The smallest absolute Gasteiger partial charge is 0.411 e. The highest BCUT2D eigenvalue weighted by atomic mass is 35.5. The van der Waals surface area contributed by atoms with Crippen molar-refractivity contribution < 1.29 is 116 Å². The van der Waals surface area contributed by atoms with E-state index in [0.29, 0.717) is 36.5 Å². The Morgan fingerprint density at radius 3 is 0.971 bits per heavy atom. The van der Waals surface area contributed by atoms with E-state index in [1.54, 1.807) is 161 Å². The van der Waals surface area contributed by atoms with Crippen LogP contribution in [-0.4, -0.2) is 132 Å². The molecule has 0 saturated heterocycles. The molecule has 1 aliphatic carbocycles. The van der Waals surface area contributed by atoms with Gasteiger partial charge in [-0.3, -0.25) is 45.5 Å². The first kappa shape index (κ1) is 123. The lowest BCUT2D eigenvalue weighted by molar-refractivity contribution is 0.129. The number of hydrogen-bond donors (Lipinski definition) is 10. The summed E-state index contributed by atoms with van der Waals surface area (Å²) in [5.74, 6) is -2.96. The van der Waals surface area contributed by atoms with E-state index < -0.39 is 117 Å². The predicted molar refractivity (Wildman–Crippen MR) is 542 cm³/mol. The van der Waals surface area contributed by atoms with Crippen LogP contribution in [-0.2, 0) is 63.8 Å². The molecule has 0 unspecified atom stereocenters. The minimum atomic E-state index is -3.51. The van der Waals surface area contributed by atoms with Gasteiger partial charge in [0.2, 0.25) is 40.1 Å². The highest BCUT2D eigenvalue weighted by Gasteiger charge is 2.35. The first-order chi connectivity index (χ1) is 65.7. The van der Waals surface area contributed by atoms with Crippen molar-refractivity contribution in [3.63, 3.8) is 0 Å². The molecular weight excluding hydrogens is 1930 g/mol. The average Bonchev–Trinajstić information content (AvgIpc) is 1.67. The number of unbranched alkanes of at least 4 members (excludes halogenated alkanes) is 1. The number of alkyl halides is 2. The number of hydrogen-bond acceptors (Lipinski definition) is 19. The summed E-state index contributed by atoms with van der Waals surface area (Å²) < 4.78 is 228. The standard InChI is InChI=1S/2C11H14FNO2.C11H17NO2S.C10H13ClFNO2S.C10H11F2NO2.C10H12FNO2.C10H13NO2S.C10H15NO2S.C9H10FNO2.C7H8FN/c1-7(2)15-11(14)13-10-5-4-8(3)6-9(10)12;1-3-6-15-11(14)13-10-5-4-8(2)7-9(10)12;1-3-4-9-15(13,14)12-11-7-5-10(2)6-8-11;1-8-3-4-10(9(12)7-8)13-16(14,15)6-2-5-11;1-7-2-3-9(8(12)6-7)13-10(14)15-5-4-11;1-3-14-10(13)12-9-5-4-7(2)6-8(9)11;1-8-2-4-9(5-3-8)11-14(12,13)10-6-7-10;1-8(2)14(12,13)11-10-6-4-9(3)5-7-10;1-6-3-4-8(7(10)5-6)11-9(12)13-2;1-5-2-3-7(9)6(8)4-5/h4-7H,1-3H3,(H,13,14);4-5,7H,3,6H2,1-2H3,(H,13,14);5-8,12H,3-4,9H2,1-2H3;3-4,7,13H,2,5-6H2,1H3;2-3,6H,4-5H2,1H3,(H,13,14);4-6H,3H2,1-2H3,(H,12,13);2-5,10-11H,6-7H2,1H3;4-8,11H,1-3H3;3-5H,1-2H3,(H,11,12);2-4H,9H2,1H3. The fraction of sp³-hybridized carbons (Fsp3) is 0.343. The summed E-state index contributed by atoms with van der Waals surface area (Å²) in [6, 6.07) is 53.6. The lowest BCUT2D eigenvalue weighted by Gasteiger charge is -2.10. The van der Waals surface area contributed by atoms with Gasteiger partial charge in [-0.1, -0.05) is 116 Å². The van der Waals surface area contributed by atoms with E-state index in [2.05, 4.69) is 59.7 Å². The Labute approximate surface area is 822 Å². The zero-order chi connectivity index (χ0) is 106. The maximum absolute atomic E-state index is 13.3. The van der Waals surface area contributed by atoms with Gasteiger partial charge < -0.3 is 29.4 Å². The van der Waals surface area contributed by atoms with Crippen molar-refractivity contribution in [2.75, 3.05) is 102 Å². The van der Waals surface area contributed by atoms with Crippen LogP contribution in [0.2, 0.25) is 0 Å². The number of nitrogens with one attached hydrogen (secondary N) is 9. The van der Waals surface area contributed by atoms with Gasteiger partial charge in [-0.05, 0) is 296 Å². The minimum Gasteiger partial charge on any atom is -0.453 e. The number of benzene rings is 10. The second kappa shape index (κ2) is 63.6. The summed E-state index contributed by atoms with van der Waals surface area (Å²) in [7, 11) is -11.8. The van der Waals surface area contributed by atoms with E-state index in [1.807, 2.05) is 77.9 Å². The number of methoxy groups -OCH3 is 1. The number of anilines is 10. The summed E-state index contributed by atoms with van der Waals surface area (Å²) in [6.07, 6.45) is 0.561. The average molecular weight is 2060 g/mol. The number of nitrogens with two attached hydrogens (primary N) is 1. The van der Waals surface area contributed by atoms with Gasteiger partial charge in [-0.25, -0.2) is 92.8 Å². The van der Waals surface area contributed by atoms with Gasteiger partial charge >= 0.3 is 30.5 Å². The van der Waals surface area contributed by atoms with Crippen molar-refractivity contribution in [1.82, 2.24) is 0 Å². The van der Waals surface area contributed by atoms with E-state index in [0.717, 1.165) is 81.3 Å². The van der Waals surface area contributed by atoms with Gasteiger partial charge in [0.05, 0.1) is 88.2 Å². The van der Waals surface area contributed by atoms with E-state index in [-0.39, 0.29) is 87.6 Å². The normalized spacial score (nSPS) is 11.0. The SMILES string of the molecule is CCCCS(=O)(=O)Nc1ccc(C)cc1.CCCOC(=O)Nc1ccc(C)cc1F.CCOC(=O)Nc1ccc(C)cc1F.COC(=O)Nc1ccc(C)cc1F.Cc1ccc(N)c(F)c1.Cc1ccc(NC(=O)OC(C)C)c(F)c1.Cc1ccc(NC(=O)OCCF)c(F)c1.Cc1ccc(NS(=O)(=O)C(C)C)cc1.Cc1ccc(NS(=O)(=O)C2CC2)cc1.Cc1ccc(NS(=O)(=O)CCCCl)c(F)c1. The molecule has 10 aromatic carbocycles. The molecule has 1 saturated carbocycles. The number of rotatable bonds is 27. The molecule has 10 aromatic rings. The Kier molecular flexibility index (Phi) is 56.0. The van der Waals surface area contributed by atoms with E-state index >= 15 is 0 Å². The number of sulfonamides is 4. The Balaban J connectivity index is 0.000000527. The van der Waals surface area contributed by atoms with Gasteiger partial charge in [0.25, 0.3) is 0 Å². The van der Waals surface area contributed by atoms with Crippen molar-refractivity contribution in [1.29, 1.82) is 0 Å². The second-order valence-electron chi connectivity index (χ2n) is 31.6. The quantitative estimate of drug-likeness (QED) is 0.00989. The molecule has 41 heteroatoms. The summed E-state index contributed by atoms with van der Waals surface area (Å²) >= 11 is 5.40. The summed E-state index contributed by atoms with van der Waals surface area (Å²) in [4.78, 5) is 54.9. The summed E-state index contributed by atoms with van der Waals surface area (Å²) in [5, 5.41) is 10.8. The highest BCUT2D eigenvalue weighted by Crippen LogP contribution is 2.30. The Morgan fingerprint density at radius 1 is 0.371 bits per heavy atom. The Morgan fingerprint density at radius 2 is 0.671 bits per heavy atom. The molecule has 11 rings (SSSR count). The first-order valence-electron chi connectivity index (χ1n) is 43.8. The molecule has 768 valence electrons. The molecule has 28 nitrogen and oxygen atoms in total. The number of ether oxygens (including phenoxy) is 5. The molecule has 140 heavy (non-hydrogen) atoms. The molecule has 0 aliphatic heterocycles. The molecule has 1 aliphatic rings. The fourth-order valence-corrected chi connectivity index (χ4v) is 14.9. The fourth-order valence-electron chi connectivity index (χ4n) is 10.2. The Bertz CT molecular complexity index is 5900. The highest BCUT2D eigenvalue weighted by molar-refractivity contribution is 7.94. The maximum atomic E-state index is 13.3. The molecular formula is C99H127ClF8N10O18S4. The van der Waals surface area contributed by atoms with Crippen LogP contribution in [0.4, 0.5) is 116 Å². The Hall–Kier alpha value is -12.9. The van der Waals surface area contributed by atoms with Crippen molar-refractivity contribution in [2.24, 2.45) is 0 Å². The van der Waals surface area contributed by atoms with E-state index in [9.17, 15) is 92.8 Å². The van der Waals surface area contributed by atoms with E-state index in [1.165, 1.54) is 86.0 Å². The number of carbonyl (C=O) groups is 5. The second-order valence-corrected chi connectivity index (χ2v) is 39.8. The van der Waals surface area contributed by atoms with Gasteiger partial charge in [0, 0.05) is 22.9 Å². The lowest BCUT2D eigenvalue weighted by Crippen LogP contribution is -2.22. The largest absolute Gasteiger partial charge is 0.453 e. The van der Waals surface area contributed by atoms with Gasteiger partial charge in [-0.2, -0.15) is 0 Å². The van der Waals surface area contributed by atoms with Crippen LogP contribution >= 0.6 is 11.6 Å². The number of carbonyl (C=O) groups excluding carboxylic acids is 5. The number of halogens is 9. The monoisotopic (exact) mass is 2060 g/mol. The van der Waals surface area contributed by atoms with Crippen LogP contribution in [0.5, 0.6) is 0 Å². The van der Waals surface area contributed by atoms with Crippen molar-refractivity contribution >= 4 is 139 Å². The zero-order valence-electron chi connectivity index (χ0n) is 81.4. The van der Waals surface area contributed by atoms with Crippen LogP contribution < -0.4 is 51.2 Å². The van der Waals surface area contributed by atoms with Crippen LogP contribution in [0.1, 0.15) is 143 Å². The number of amides is 5.